The summed E-state index contributed by atoms with van der Waals surface area (Å²) in [4.78, 5) is 11.8. The molecule has 0 aromatic carbocycles. The lowest BCUT2D eigenvalue weighted by Gasteiger charge is -2.31. The van der Waals surface area contributed by atoms with E-state index in [1.807, 2.05) is 6.08 Å². The number of amides is 1. The molecule has 2 heterocycles. The third-order valence-corrected chi connectivity index (χ3v) is 2.35. The fraction of sp³-hybridized carbons (Fsp3) is 0.667. The van der Waals surface area contributed by atoms with E-state index in [9.17, 15) is 4.79 Å². The molecule has 0 bridgehead atoms. The van der Waals surface area contributed by atoms with Gasteiger partial charge in [0.25, 0.3) is 0 Å². The monoisotopic (exact) mass is 199 g/mol. The van der Waals surface area contributed by atoms with Crippen LogP contribution in [0.1, 0.15) is 6.42 Å². The third kappa shape index (κ3) is 2.05. The zero-order valence-electron chi connectivity index (χ0n) is 7.81. The molecule has 1 N–H and O–H groups in total. The van der Waals surface area contributed by atoms with E-state index in [1.165, 1.54) is 4.90 Å². The van der Waals surface area contributed by atoms with Gasteiger partial charge in [-0.05, 0) is 5.57 Å². The number of ether oxygens (including phenoxy) is 2. The van der Waals surface area contributed by atoms with Crippen molar-refractivity contribution in [2.45, 2.75) is 12.7 Å². The summed E-state index contributed by atoms with van der Waals surface area (Å²) in [5.41, 5.74) is 1.14. The Morgan fingerprint density at radius 3 is 2.71 bits per heavy atom. The molecular formula is C9H13NO4. The van der Waals surface area contributed by atoms with Gasteiger partial charge in [-0.1, -0.05) is 6.08 Å². The molecule has 0 aromatic heterocycles. The Kier molecular flexibility index (Phi) is 2.69. The maximum absolute atomic E-state index is 10.4. The number of nitrogens with zero attached hydrogens (tertiary/aromatic N) is 1. The topological polar surface area (TPSA) is 59.0 Å². The van der Waals surface area contributed by atoms with Crippen LogP contribution in [-0.4, -0.2) is 48.7 Å². The van der Waals surface area contributed by atoms with Gasteiger partial charge in [0.1, 0.15) is 0 Å². The highest BCUT2D eigenvalue weighted by atomic mass is 16.7. The second kappa shape index (κ2) is 3.98. The number of carbonyl (C=O) groups is 1. The van der Waals surface area contributed by atoms with Crippen molar-refractivity contribution in [2.75, 3.05) is 26.3 Å². The molecule has 0 aliphatic carbocycles. The number of carboxylic acid groups (broad SMARTS) is 1. The van der Waals surface area contributed by atoms with E-state index >= 15 is 0 Å². The van der Waals surface area contributed by atoms with Crippen LogP contribution in [0.15, 0.2) is 11.6 Å². The smallest absolute Gasteiger partial charge is 0.407 e. The first-order valence-corrected chi connectivity index (χ1v) is 4.64. The first-order valence-electron chi connectivity index (χ1n) is 4.64. The van der Waals surface area contributed by atoms with E-state index in [2.05, 4.69) is 0 Å². The van der Waals surface area contributed by atoms with Gasteiger partial charge in [0, 0.05) is 19.5 Å². The standard InChI is InChI=1S/C9H13NO4/c11-9(12)10-5-7(6-10)1-2-8-13-3-4-14-8/h1,8H,2-6H2,(H,11,12). The van der Waals surface area contributed by atoms with Gasteiger partial charge in [0.05, 0.1) is 13.2 Å². The van der Waals surface area contributed by atoms with Crippen LogP contribution in [0.5, 0.6) is 0 Å². The molecule has 14 heavy (non-hydrogen) atoms. The largest absolute Gasteiger partial charge is 0.465 e. The molecule has 78 valence electrons. The van der Waals surface area contributed by atoms with Crippen molar-refractivity contribution in [2.24, 2.45) is 0 Å². The first kappa shape index (κ1) is 9.48. The highest BCUT2D eigenvalue weighted by Crippen LogP contribution is 2.17. The molecule has 2 rings (SSSR count). The summed E-state index contributed by atoms with van der Waals surface area (Å²) in [5.74, 6) is 0. The highest BCUT2D eigenvalue weighted by Gasteiger charge is 2.24. The van der Waals surface area contributed by atoms with Crippen LogP contribution >= 0.6 is 0 Å². The Bertz CT molecular complexity index is 250. The number of likely N-dealkylation sites (tertiary alicyclic amines) is 1. The second-order valence-electron chi connectivity index (χ2n) is 3.41. The molecule has 5 nitrogen and oxygen atoms in total. The number of hydrogen-bond acceptors (Lipinski definition) is 3. The Hall–Kier alpha value is -1.07. The van der Waals surface area contributed by atoms with E-state index in [1.54, 1.807) is 0 Å². The van der Waals surface area contributed by atoms with Gasteiger partial charge in [0.15, 0.2) is 6.29 Å². The van der Waals surface area contributed by atoms with Crippen LogP contribution in [0, 0.1) is 0 Å². The summed E-state index contributed by atoms with van der Waals surface area (Å²) >= 11 is 0. The summed E-state index contributed by atoms with van der Waals surface area (Å²) in [5, 5.41) is 8.58. The van der Waals surface area contributed by atoms with Crippen molar-refractivity contribution in [3.63, 3.8) is 0 Å². The third-order valence-electron chi connectivity index (χ3n) is 2.35. The average Bonchev–Trinajstić information content (AvgIpc) is 2.52. The Morgan fingerprint density at radius 2 is 2.14 bits per heavy atom. The molecule has 0 radical (unpaired) electrons. The predicted octanol–water partition coefficient (Wildman–Crippen LogP) is 0.669. The lowest BCUT2D eigenvalue weighted by Crippen LogP contribution is -2.43. The van der Waals surface area contributed by atoms with Gasteiger partial charge in [-0.15, -0.1) is 0 Å². The molecule has 1 amide bonds. The minimum atomic E-state index is -0.851. The predicted molar refractivity (Wildman–Crippen MR) is 48.0 cm³/mol. The van der Waals surface area contributed by atoms with Crippen LogP contribution in [-0.2, 0) is 9.47 Å². The first-order chi connectivity index (χ1) is 6.75. The quantitative estimate of drug-likeness (QED) is 0.664. The summed E-state index contributed by atoms with van der Waals surface area (Å²) in [6.45, 7) is 2.38. The molecule has 0 unspecified atom stereocenters. The summed E-state index contributed by atoms with van der Waals surface area (Å²) in [6.07, 6.45) is 1.76. The second-order valence-corrected chi connectivity index (χ2v) is 3.41. The van der Waals surface area contributed by atoms with E-state index in [0.29, 0.717) is 26.3 Å². The van der Waals surface area contributed by atoms with Crippen molar-refractivity contribution in [1.29, 1.82) is 0 Å². The Morgan fingerprint density at radius 1 is 1.50 bits per heavy atom. The van der Waals surface area contributed by atoms with Gasteiger partial charge in [0.2, 0.25) is 0 Å². The Balaban J connectivity index is 1.70. The van der Waals surface area contributed by atoms with E-state index in [-0.39, 0.29) is 6.29 Å². The van der Waals surface area contributed by atoms with Gasteiger partial charge < -0.3 is 19.5 Å². The van der Waals surface area contributed by atoms with Crippen molar-refractivity contribution in [1.82, 2.24) is 4.90 Å². The highest BCUT2D eigenvalue weighted by molar-refractivity contribution is 5.67. The maximum atomic E-state index is 10.4. The fourth-order valence-corrected chi connectivity index (χ4v) is 1.51. The molecule has 2 aliphatic heterocycles. The van der Waals surface area contributed by atoms with Crippen molar-refractivity contribution in [3.8, 4) is 0 Å². The van der Waals surface area contributed by atoms with Crippen LogP contribution < -0.4 is 0 Å². The van der Waals surface area contributed by atoms with E-state index in [0.717, 1.165) is 12.0 Å². The molecule has 5 heteroatoms. The van der Waals surface area contributed by atoms with Gasteiger partial charge in [-0.2, -0.15) is 0 Å². The molecule has 2 saturated heterocycles. The zero-order valence-corrected chi connectivity index (χ0v) is 7.81. The summed E-state index contributed by atoms with van der Waals surface area (Å²) in [7, 11) is 0. The minimum Gasteiger partial charge on any atom is -0.465 e. The molecular weight excluding hydrogens is 186 g/mol. The molecule has 0 spiro atoms. The van der Waals surface area contributed by atoms with Gasteiger partial charge in [-0.25, -0.2) is 4.79 Å². The van der Waals surface area contributed by atoms with Crippen LogP contribution in [0.4, 0.5) is 4.79 Å². The van der Waals surface area contributed by atoms with Crippen LogP contribution in [0.25, 0.3) is 0 Å². The minimum absolute atomic E-state index is 0.124. The Labute approximate surface area is 81.9 Å². The summed E-state index contributed by atoms with van der Waals surface area (Å²) < 4.78 is 10.5. The molecule has 2 fully saturated rings. The lowest BCUT2D eigenvalue weighted by molar-refractivity contribution is -0.0383. The lowest BCUT2D eigenvalue weighted by atomic mass is 10.1. The van der Waals surface area contributed by atoms with E-state index in [4.69, 9.17) is 14.6 Å². The normalized spacial score (nSPS) is 22.3. The SMILES string of the molecule is O=C(O)N1CC(=CCC2OCCO2)C1. The fourth-order valence-electron chi connectivity index (χ4n) is 1.51. The van der Waals surface area contributed by atoms with Crippen LogP contribution in [0.2, 0.25) is 0 Å². The molecule has 0 atom stereocenters. The molecule has 2 aliphatic rings. The molecule has 0 aromatic rings. The summed E-state index contributed by atoms with van der Waals surface area (Å²) in [6, 6.07) is 0. The van der Waals surface area contributed by atoms with Crippen molar-refractivity contribution in [3.05, 3.63) is 11.6 Å². The number of hydrogen-bond donors (Lipinski definition) is 1. The van der Waals surface area contributed by atoms with Crippen LogP contribution in [0.3, 0.4) is 0 Å². The van der Waals surface area contributed by atoms with Gasteiger partial charge >= 0.3 is 6.09 Å². The van der Waals surface area contributed by atoms with E-state index < -0.39 is 6.09 Å². The average molecular weight is 199 g/mol. The molecule has 0 saturated carbocycles. The van der Waals surface area contributed by atoms with Crippen molar-refractivity contribution >= 4 is 6.09 Å². The maximum Gasteiger partial charge on any atom is 0.407 e. The van der Waals surface area contributed by atoms with Crippen molar-refractivity contribution < 1.29 is 19.4 Å². The zero-order chi connectivity index (χ0) is 9.97. The number of rotatable bonds is 2. The van der Waals surface area contributed by atoms with Gasteiger partial charge in [-0.3, -0.25) is 0 Å².